The average Bonchev–Trinajstić information content (AvgIpc) is 2.82. The van der Waals surface area contributed by atoms with Crippen molar-refractivity contribution in [1.29, 1.82) is 0 Å². The Hall–Kier alpha value is -3.75. The van der Waals surface area contributed by atoms with Crippen LogP contribution >= 0.6 is 0 Å². The van der Waals surface area contributed by atoms with Gasteiger partial charge < -0.3 is 19.1 Å². The van der Waals surface area contributed by atoms with Crippen LogP contribution in [0.4, 0.5) is 5.69 Å². The first-order valence-corrected chi connectivity index (χ1v) is 11.3. The number of carbonyl (C=O) groups excluding carboxylic acids is 3. The third kappa shape index (κ3) is 6.18. The number of hydrogen-bond acceptors (Lipinski definition) is 6. The van der Waals surface area contributed by atoms with Crippen molar-refractivity contribution in [3.8, 4) is 17.2 Å². The highest BCUT2D eigenvalue weighted by atomic mass is 16.5. The van der Waals surface area contributed by atoms with E-state index in [2.05, 4.69) is 24.7 Å². The molecule has 1 heterocycles. The third-order valence-corrected chi connectivity index (χ3v) is 5.33. The van der Waals surface area contributed by atoms with Gasteiger partial charge >= 0.3 is 0 Å². The number of hydrogen-bond donors (Lipinski definition) is 2. The van der Waals surface area contributed by atoms with E-state index in [1.807, 2.05) is 6.07 Å². The van der Waals surface area contributed by atoms with Gasteiger partial charge in [-0.2, -0.15) is 0 Å². The Morgan fingerprint density at radius 1 is 1.12 bits per heavy atom. The second kappa shape index (κ2) is 11.4. The largest absolute Gasteiger partial charge is 0.493 e. The van der Waals surface area contributed by atoms with Crippen molar-refractivity contribution in [2.75, 3.05) is 25.2 Å². The van der Waals surface area contributed by atoms with Crippen molar-refractivity contribution >= 4 is 23.4 Å². The average molecular weight is 470 g/mol. The number of benzene rings is 2. The van der Waals surface area contributed by atoms with Crippen LogP contribution in [0.15, 0.2) is 42.5 Å². The van der Waals surface area contributed by atoms with E-state index >= 15 is 0 Å². The summed E-state index contributed by atoms with van der Waals surface area (Å²) in [6, 6.07) is 12.0. The Morgan fingerprint density at radius 2 is 1.88 bits per heavy atom. The third-order valence-electron chi connectivity index (χ3n) is 5.33. The molecule has 0 radical (unpaired) electrons. The maximum absolute atomic E-state index is 12.5. The Morgan fingerprint density at radius 3 is 2.62 bits per heavy atom. The molecule has 2 N–H and O–H groups in total. The number of nitrogens with one attached hydrogen (secondary N) is 2. The quantitative estimate of drug-likeness (QED) is 0.547. The zero-order chi connectivity index (χ0) is 24.7. The maximum Gasteiger partial charge on any atom is 0.269 e. The van der Waals surface area contributed by atoms with E-state index < -0.39 is 17.9 Å². The fourth-order valence-electron chi connectivity index (χ4n) is 3.40. The summed E-state index contributed by atoms with van der Waals surface area (Å²) in [5.41, 5.74) is 5.70. The van der Waals surface area contributed by atoms with Crippen LogP contribution in [-0.4, -0.2) is 44.1 Å². The summed E-state index contributed by atoms with van der Waals surface area (Å²) in [6.07, 6.45) is 0.266. The van der Waals surface area contributed by atoms with E-state index in [0.29, 0.717) is 41.0 Å². The van der Waals surface area contributed by atoms with Gasteiger partial charge in [-0.1, -0.05) is 26.0 Å². The van der Waals surface area contributed by atoms with Gasteiger partial charge in [0, 0.05) is 18.5 Å². The number of rotatable bonds is 9. The van der Waals surface area contributed by atoms with Crippen LogP contribution in [0.25, 0.3) is 0 Å². The van der Waals surface area contributed by atoms with Gasteiger partial charge in [-0.3, -0.25) is 25.2 Å². The molecule has 0 unspecified atom stereocenters. The molecule has 3 rings (SSSR count). The number of hydrazine groups is 1. The summed E-state index contributed by atoms with van der Waals surface area (Å²) in [6.45, 7) is 6.59. The first kappa shape index (κ1) is 24.9. The minimum Gasteiger partial charge on any atom is -0.493 e. The highest BCUT2D eigenvalue weighted by molar-refractivity contribution is 6.00. The van der Waals surface area contributed by atoms with Crippen LogP contribution in [0.1, 0.15) is 44.0 Å². The van der Waals surface area contributed by atoms with E-state index in [1.54, 1.807) is 43.3 Å². The SMILES string of the molecule is COc1cc(C(=O)NNC(=O)CCN2C(=O)[C@@H](C)Oc3ccccc32)ccc1OCCC(C)C. The first-order valence-electron chi connectivity index (χ1n) is 11.3. The summed E-state index contributed by atoms with van der Waals surface area (Å²) < 4.78 is 16.7. The minimum atomic E-state index is -0.634. The molecule has 1 aliphatic rings. The molecule has 0 saturated heterocycles. The molecule has 9 nitrogen and oxygen atoms in total. The van der Waals surface area contributed by atoms with Crippen molar-refractivity contribution in [1.82, 2.24) is 10.9 Å². The number of fused-ring (bicyclic) bond motifs is 1. The highest BCUT2D eigenvalue weighted by Crippen LogP contribution is 2.33. The molecule has 0 spiro atoms. The van der Waals surface area contributed by atoms with Crippen LogP contribution in [0.5, 0.6) is 17.2 Å². The molecular weight excluding hydrogens is 438 g/mol. The van der Waals surface area contributed by atoms with Crippen LogP contribution < -0.4 is 30.0 Å². The van der Waals surface area contributed by atoms with Gasteiger partial charge in [-0.15, -0.1) is 0 Å². The molecular formula is C25H31N3O6. The van der Waals surface area contributed by atoms with Gasteiger partial charge in [0.05, 0.1) is 19.4 Å². The number of amides is 3. The summed E-state index contributed by atoms with van der Waals surface area (Å²) >= 11 is 0. The Kier molecular flexibility index (Phi) is 8.34. The number of methoxy groups -OCH3 is 1. The molecule has 0 aromatic heterocycles. The van der Waals surface area contributed by atoms with Crippen LogP contribution in [0, 0.1) is 5.92 Å². The van der Waals surface area contributed by atoms with E-state index in [9.17, 15) is 14.4 Å². The van der Waals surface area contributed by atoms with Crippen molar-refractivity contribution in [2.45, 2.75) is 39.7 Å². The van der Waals surface area contributed by atoms with Gasteiger partial charge in [-0.05, 0) is 49.6 Å². The highest BCUT2D eigenvalue weighted by Gasteiger charge is 2.31. The fraction of sp³-hybridized carbons (Fsp3) is 0.400. The molecule has 9 heteroatoms. The molecule has 182 valence electrons. The monoisotopic (exact) mass is 469 g/mol. The fourth-order valence-corrected chi connectivity index (χ4v) is 3.40. The molecule has 1 atom stereocenters. The van der Waals surface area contributed by atoms with Gasteiger partial charge in [0.15, 0.2) is 17.6 Å². The molecule has 2 aromatic carbocycles. The Balaban J connectivity index is 1.53. The first-order chi connectivity index (χ1) is 16.3. The molecule has 0 saturated carbocycles. The predicted molar refractivity (Wildman–Crippen MR) is 127 cm³/mol. The molecule has 0 aliphatic carbocycles. The smallest absolute Gasteiger partial charge is 0.269 e. The number of nitrogens with zero attached hydrogens (tertiary/aromatic N) is 1. The van der Waals surface area contributed by atoms with Crippen molar-refractivity contribution in [2.24, 2.45) is 5.92 Å². The van der Waals surface area contributed by atoms with Gasteiger partial charge in [0.25, 0.3) is 11.8 Å². The van der Waals surface area contributed by atoms with Crippen molar-refractivity contribution in [3.63, 3.8) is 0 Å². The number of para-hydroxylation sites is 2. The maximum atomic E-state index is 12.5. The lowest BCUT2D eigenvalue weighted by atomic mass is 10.1. The molecule has 0 bridgehead atoms. The molecule has 0 fully saturated rings. The van der Waals surface area contributed by atoms with E-state index in [1.165, 1.54) is 12.0 Å². The zero-order valence-corrected chi connectivity index (χ0v) is 19.9. The standard InChI is InChI=1S/C25H31N3O6/c1-16(2)12-14-33-21-10-9-18(15-22(21)32-4)24(30)27-26-23(29)11-13-28-19-7-5-6-8-20(19)34-17(3)25(28)31/h5-10,15-17H,11-14H2,1-4H3,(H,26,29)(H,27,30)/t17-/m1/s1. The van der Waals surface area contributed by atoms with Crippen LogP contribution in [0.3, 0.4) is 0 Å². The van der Waals surface area contributed by atoms with E-state index in [4.69, 9.17) is 14.2 Å². The lowest BCUT2D eigenvalue weighted by Gasteiger charge is -2.32. The number of ether oxygens (including phenoxy) is 3. The van der Waals surface area contributed by atoms with E-state index in [-0.39, 0.29) is 18.9 Å². The summed E-state index contributed by atoms with van der Waals surface area (Å²) in [4.78, 5) is 38.9. The lowest BCUT2D eigenvalue weighted by Crippen LogP contribution is -2.47. The Labute approximate surface area is 199 Å². The van der Waals surface area contributed by atoms with Gasteiger partial charge in [0.2, 0.25) is 5.91 Å². The number of anilines is 1. The zero-order valence-electron chi connectivity index (χ0n) is 19.9. The second-order valence-electron chi connectivity index (χ2n) is 8.37. The van der Waals surface area contributed by atoms with Gasteiger partial charge in [-0.25, -0.2) is 0 Å². The predicted octanol–water partition coefficient (Wildman–Crippen LogP) is 3.09. The summed E-state index contributed by atoms with van der Waals surface area (Å²) in [5, 5.41) is 0. The summed E-state index contributed by atoms with van der Waals surface area (Å²) in [7, 11) is 1.50. The molecule has 3 amide bonds. The van der Waals surface area contributed by atoms with Crippen molar-refractivity contribution < 1.29 is 28.6 Å². The minimum absolute atomic E-state index is 0.000968. The van der Waals surface area contributed by atoms with Crippen LogP contribution in [-0.2, 0) is 9.59 Å². The summed E-state index contributed by atoms with van der Waals surface area (Å²) in [5.74, 6) is 0.932. The normalized spacial score (nSPS) is 14.8. The lowest BCUT2D eigenvalue weighted by molar-refractivity contribution is -0.125. The number of carbonyl (C=O) groups is 3. The van der Waals surface area contributed by atoms with Crippen molar-refractivity contribution in [3.05, 3.63) is 48.0 Å². The van der Waals surface area contributed by atoms with E-state index in [0.717, 1.165) is 6.42 Å². The van der Waals surface area contributed by atoms with Crippen LogP contribution in [0.2, 0.25) is 0 Å². The molecule has 34 heavy (non-hydrogen) atoms. The van der Waals surface area contributed by atoms with Gasteiger partial charge in [0.1, 0.15) is 5.75 Å². The molecule has 2 aromatic rings. The topological polar surface area (TPSA) is 106 Å². The molecule has 1 aliphatic heterocycles. The second-order valence-corrected chi connectivity index (χ2v) is 8.37. The Bertz CT molecular complexity index is 1040.